The van der Waals surface area contributed by atoms with Crippen molar-refractivity contribution in [3.05, 3.63) is 51.9 Å². The first kappa shape index (κ1) is 18.5. The summed E-state index contributed by atoms with van der Waals surface area (Å²) in [5, 5.41) is 14.1. The van der Waals surface area contributed by atoms with Crippen LogP contribution in [0.1, 0.15) is 34.4 Å². The fourth-order valence-corrected chi connectivity index (χ4v) is 4.75. The van der Waals surface area contributed by atoms with E-state index in [4.69, 9.17) is 0 Å². The van der Waals surface area contributed by atoms with Crippen molar-refractivity contribution in [2.45, 2.75) is 37.5 Å². The SMILES string of the molecule is N#Cc1c(N[C@@]2(C(F)(F)F)N=C(c3ccccc3)NC2=O)sc2c1CCCC2. The van der Waals surface area contributed by atoms with Crippen molar-refractivity contribution < 1.29 is 18.0 Å². The van der Waals surface area contributed by atoms with E-state index in [1.54, 1.807) is 30.3 Å². The third-order valence-electron chi connectivity index (χ3n) is 4.88. The van der Waals surface area contributed by atoms with E-state index in [0.717, 1.165) is 41.0 Å². The summed E-state index contributed by atoms with van der Waals surface area (Å²) in [6.45, 7) is 0. The van der Waals surface area contributed by atoms with Crippen LogP contribution in [0, 0.1) is 11.3 Å². The number of nitriles is 1. The molecule has 4 rings (SSSR count). The molecule has 1 aliphatic heterocycles. The fourth-order valence-electron chi connectivity index (χ4n) is 3.46. The number of carbonyl (C=O) groups excluding carboxylic acids is 1. The molecule has 2 heterocycles. The van der Waals surface area contributed by atoms with Crippen molar-refractivity contribution in [3.63, 3.8) is 0 Å². The molecule has 1 amide bonds. The highest BCUT2D eigenvalue weighted by Crippen LogP contribution is 2.43. The van der Waals surface area contributed by atoms with Gasteiger partial charge in [0, 0.05) is 10.4 Å². The fraction of sp³-hybridized carbons (Fsp3) is 0.316. The van der Waals surface area contributed by atoms with Gasteiger partial charge in [-0.25, -0.2) is 4.99 Å². The van der Waals surface area contributed by atoms with Crippen LogP contribution in [0.25, 0.3) is 0 Å². The molecule has 28 heavy (non-hydrogen) atoms. The molecule has 1 aromatic heterocycles. The highest BCUT2D eigenvalue weighted by molar-refractivity contribution is 7.16. The minimum Gasteiger partial charge on any atom is -0.336 e. The van der Waals surface area contributed by atoms with Crippen molar-refractivity contribution in [1.82, 2.24) is 5.32 Å². The summed E-state index contributed by atoms with van der Waals surface area (Å²) >= 11 is 1.10. The molecule has 0 fully saturated rings. The lowest BCUT2D eigenvalue weighted by atomic mass is 9.96. The van der Waals surface area contributed by atoms with Crippen molar-refractivity contribution >= 4 is 28.1 Å². The van der Waals surface area contributed by atoms with Crippen molar-refractivity contribution in [3.8, 4) is 6.07 Å². The van der Waals surface area contributed by atoms with Crippen molar-refractivity contribution in [2.24, 2.45) is 4.99 Å². The molecular weight excluding hydrogens is 389 g/mol. The number of carbonyl (C=O) groups is 1. The van der Waals surface area contributed by atoms with E-state index < -0.39 is 17.7 Å². The van der Waals surface area contributed by atoms with Gasteiger partial charge in [0.25, 0.3) is 5.91 Å². The Morgan fingerprint density at radius 1 is 1.21 bits per heavy atom. The number of fused-ring (bicyclic) bond motifs is 1. The molecule has 0 bridgehead atoms. The zero-order valence-electron chi connectivity index (χ0n) is 14.6. The normalized spacial score (nSPS) is 21.5. The van der Waals surface area contributed by atoms with Gasteiger partial charge in [0.05, 0.1) is 5.56 Å². The summed E-state index contributed by atoms with van der Waals surface area (Å²) in [6, 6.07) is 10.1. The summed E-state index contributed by atoms with van der Waals surface area (Å²) in [5.74, 6) is -1.47. The molecular formula is C19H15F3N4OS. The molecule has 2 aliphatic rings. The van der Waals surface area contributed by atoms with E-state index in [1.807, 2.05) is 6.07 Å². The van der Waals surface area contributed by atoms with Crippen LogP contribution in [0.4, 0.5) is 18.2 Å². The van der Waals surface area contributed by atoms with Gasteiger partial charge in [-0.15, -0.1) is 11.3 Å². The number of nitrogens with one attached hydrogen (secondary N) is 2. The Labute approximate surface area is 162 Å². The molecule has 5 nitrogen and oxygen atoms in total. The summed E-state index contributed by atoms with van der Waals surface area (Å²) in [6.07, 6.45) is -1.80. The van der Waals surface area contributed by atoms with Crippen LogP contribution in [-0.4, -0.2) is 23.6 Å². The Balaban J connectivity index is 1.81. The summed E-state index contributed by atoms with van der Waals surface area (Å²) in [7, 11) is 0. The van der Waals surface area contributed by atoms with Crippen LogP contribution in [0.2, 0.25) is 0 Å². The number of nitrogens with zero attached hydrogens (tertiary/aromatic N) is 2. The largest absolute Gasteiger partial charge is 0.442 e. The van der Waals surface area contributed by atoms with Crippen LogP contribution in [0.3, 0.4) is 0 Å². The first-order valence-electron chi connectivity index (χ1n) is 8.72. The number of rotatable bonds is 3. The highest BCUT2D eigenvalue weighted by atomic mass is 32.1. The second-order valence-corrected chi connectivity index (χ2v) is 7.75. The predicted octanol–water partition coefficient (Wildman–Crippen LogP) is 3.75. The molecule has 2 N–H and O–H groups in total. The smallest absolute Gasteiger partial charge is 0.336 e. The molecule has 0 spiro atoms. The van der Waals surface area contributed by atoms with Crippen LogP contribution >= 0.6 is 11.3 Å². The monoisotopic (exact) mass is 404 g/mol. The molecule has 2 aromatic rings. The lowest BCUT2D eigenvalue weighted by Crippen LogP contribution is -2.57. The number of hydrogen-bond acceptors (Lipinski definition) is 5. The first-order chi connectivity index (χ1) is 13.4. The summed E-state index contributed by atoms with van der Waals surface area (Å²) in [4.78, 5) is 17.1. The van der Waals surface area contributed by atoms with Crippen LogP contribution in [0.5, 0.6) is 0 Å². The number of benzene rings is 1. The molecule has 9 heteroatoms. The number of alkyl halides is 3. The second kappa shape index (κ2) is 6.63. The van der Waals surface area contributed by atoms with Crippen molar-refractivity contribution in [2.75, 3.05) is 5.32 Å². The quantitative estimate of drug-likeness (QED) is 0.818. The van der Waals surface area contributed by atoms with Gasteiger partial charge < -0.3 is 10.6 Å². The number of amides is 1. The zero-order valence-corrected chi connectivity index (χ0v) is 15.4. The van der Waals surface area contributed by atoms with Gasteiger partial charge in [0.1, 0.15) is 16.9 Å². The van der Waals surface area contributed by atoms with Crippen LogP contribution < -0.4 is 10.6 Å². The van der Waals surface area contributed by atoms with Crippen molar-refractivity contribution in [1.29, 1.82) is 5.26 Å². The standard InChI is InChI=1S/C19H15F3N4OS/c20-19(21,22)18(17(27)24-15(25-18)11-6-2-1-3-7-11)26-16-13(10-23)12-8-4-5-9-14(12)28-16/h1-3,6-7,26H,4-5,8-9H2,(H,24,25,27)/t18-/m0/s1. The third-order valence-corrected chi connectivity index (χ3v) is 6.08. The van der Waals surface area contributed by atoms with Gasteiger partial charge in [-0.05, 0) is 31.2 Å². The predicted molar refractivity (Wildman–Crippen MR) is 99.2 cm³/mol. The topological polar surface area (TPSA) is 77.3 Å². The Bertz CT molecular complexity index is 1010. The van der Waals surface area contributed by atoms with Gasteiger partial charge in [-0.3, -0.25) is 4.79 Å². The van der Waals surface area contributed by atoms with E-state index in [9.17, 15) is 23.2 Å². The van der Waals surface area contributed by atoms with Gasteiger partial charge in [-0.2, -0.15) is 18.4 Å². The van der Waals surface area contributed by atoms with E-state index in [0.29, 0.717) is 12.0 Å². The number of thiophene rings is 1. The maximum atomic E-state index is 14.1. The lowest BCUT2D eigenvalue weighted by Gasteiger charge is -2.27. The van der Waals surface area contributed by atoms with E-state index in [2.05, 4.69) is 15.6 Å². The summed E-state index contributed by atoms with van der Waals surface area (Å²) < 4.78 is 42.2. The Morgan fingerprint density at radius 3 is 2.61 bits per heavy atom. The highest BCUT2D eigenvalue weighted by Gasteiger charge is 2.64. The number of halogens is 3. The zero-order chi connectivity index (χ0) is 19.9. The Hall–Kier alpha value is -2.86. The number of amidine groups is 1. The molecule has 1 aliphatic carbocycles. The average molecular weight is 404 g/mol. The maximum Gasteiger partial charge on any atom is 0.442 e. The average Bonchev–Trinajstić information content (AvgIpc) is 3.20. The van der Waals surface area contributed by atoms with Gasteiger partial charge in [-0.1, -0.05) is 30.3 Å². The minimum atomic E-state index is -5.00. The van der Waals surface area contributed by atoms with E-state index >= 15 is 0 Å². The molecule has 144 valence electrons. The molecule has 0 saturated heterocycles. The van der Waals surface area contributed by atoms with Gasteiger partial charge in [0.15, 0.2) is 0 Å². The van der Waals surface area contributed by atoms with Gasteiger partial charge in [0.2, 0.25) is 0 Å². The Morgan fingerprint density at radius 2 is 1.93 bits per heavy atom. The third kappa shape index (κ3) is 2.85. The van der Waals surface area contributed by atoms with Gasteiger partial charge >= 0.3 is 11.8 Å². The molecule has 1 atom stereocenters. The molecule has 0 saturated carbocycles. The molecule has 0 radical (unpaired) electrons. The second-order valence-electron chi connectivity index (χ2n) is 6.64. The number of aliphatic imine (C=N–C) groups is 1. The lowest BCUT2D eigenvalue weighted by molar-refractivity contribution is -0.181. The summed E-state index contributed by atoms with van der Waals surface area (Å²) in [5.41, 5.74) is -1.84. The molecule has 0 unspecified atom stereocenters. The number of aryl methyl sites for hydroxylation is 1. The molecule has 1 aromatic carbocycles. The van der Waals surface area contributed by atoms with Crippen LogP contribution in [-0.2, 0) is 17.6 Å². The minimum absolute atomic E-state index is 0.0416. The van der Waals surface area contributed by atoms with E-state index in [1.165, 1.54) is 0 Å². The maximum absolute atomic E-state index is 14.1. The Kier molecular flexibility index (Phi) is 4.38. The van der Waals surface area contributed by atoms with Crippen LogP contribution in [0.15, 0.2) is 35.3 Å². The number of anilines is 1. The van der Waals surface area contributed by atoms with E-state index in [-0.39, 0.29) is 16.4 Å². The first-order valence-corrected chi connectivity index (χ1v) is 9.53. The number of hydrogen-bond donors (Lipinski definition) is 2.